The van der Waals surface area contributed by atoms with Crippen LogP contribution in [0.1, 0.15) is 16.7 Å². The van der Waals surface area contributed by atoms with Crippen LogP contribution in [0.25, 0.3) is 0 Å². The summed E-state index contributed by atoms with van der Waals surface area (Å²) in [5.74, 6) is 1.51. The summed E-state index contributed by atoms with van der Waals surface area (Å²) in [6.45, 7) is 7.02. The fourth-order valence-corrected chi connectivity index (χ4v) is 3.12. The van der Waals surface area contributed by atoms with Gasteiger partial charge in [0, 0.05) is 52.5 Å². The highest BCUT2D eigenvalue weighted by molar-refractivity contribution is 14.0. The van der Waals surface area contributed by atoms with Crippen LogP contribution >= 0.6 is 24.0 Å². The van der Waals surface area contributed by atoms with E-state index in [1.807, 2.05) is 18.3 Å². The Balaban J connectivity index is 0.00000300. The lowest BCUT2D eigenvalue weighted by Gasteiger charge is -2.33. The van der Waals surface area contributed by atoms with E-state index in [4.69, 9.17) is 0 Å². The van der Waals surface area contributed by atoms with Crippen LogP contribution in [0.5, 0.6) is 0 Å². The first-order valence-electron chi connectivity index (χ1n) is 9.63. The van der Waals surface area contributed by atoms with Crippen LogP contribution in [-0.4, -0.2) is 56.1 Å². The van der Waals surface area contributed by atoms with Crippen molar-refractivity contribution in [1.82, 2.24) is 20.5 Å². The number of aromatic nitrogens is 1. The van der Waals surface area contributed by atoms with Gasteiger partial charge in [-0.2, -0.15) is 0 Å². The summed E-state index contributed by atoms with van der Waals surface area (Å²) < 4.78 is 13.7. The summed E-state index contributed by atoms with van der Waals surface area (Å²) in [4.78, 5) is 13.4. The number of piperazine rings is 1. The molecule has 0 unspecified atom stereocenters. The Labute approximate surface area is 189 Å². The van der Waals surface area contributed by atoms with Crippen molar-refractivity contribution >= 4 is 35.8 Å². The van der Waals surface area contributed by atoms with Crippen molar-refractivity contribution in [2.75, 3.05) is 45.2 Å². The van der Waals surface area contributed by atoms with Gasteiger partial charge in [0.05, 0.1) is 0 Å². The normalized spacial score (nSPS) is 15.0. The van der Waals surface area contributed by atoms with E-state index >= 15 is 0 Å². The maximum absolute atomic E-state index is 13.7. The SMILES string of the molecule is CN=C(NCc1ccnc(N2CCN(C)CC2)c1)NCc1ccc(C)c(F)c1.I. The molecule has 1 aromatic heterocycles. The van der Waals surface area contributed by atoms with E-state index in [0.717, 1.165) is 43.1 Å². The van der Waals surface area contributed by atoms with Gasteiger partial charge in [-0.15, -0.1) is 24.0 Å². The summed E-state index contributed by atoms with van der Waals surface area (Å²) in [6.07, 6.45) is 1.86. The average molecular weight is 512 g/mol. The first-order valence-corrected chi connectivity index (χ1v) is 9.63. The molecular weight excluding hydrogens is 482 g/mol. The second-order valence-electron chi connectivity index (χ2n) is 7.18. The Morgan fingerprint density at radius 3 is 2.34 bits per heavy atom. The Kier molecular flexibility index (Phi) is 9.09. The molecule has 6 nitrogen and oxygen atoms in total. The zero-order valence-electron chi connectivity index (χ0n) is 17.3. The smallest absolute Gasteiger partial charge is 0.191 e. The van der Waals surface area contributed by atoms with Gasteiger partial charge < -0.3 is 20.4 Å². The second kappa shape index (κ2) is 11.3. The molecule has 0 amide bonds. The van der Waals surface area contributed by atoms with Gasteiger partial charge in [-0.1, -0.05) is 12.1 Å². The molecule has 0 atom stereocenters. The quantitative estimate of drug-likeness (QED) is 0.367. The molecule has 29 heavy (non-hydrogen) atoms. The van der Waals surface area contributed by atoms with Crippen LogP contribution in [0.2, 0.25) is 0 Å². The summed E-state index contributed by atoms with van der Waals surface area (Å²) >= 11 is 0. The predicted octanol–water partition coefficient (Wildman–Crippen LogP) is 2.76. The van der Waals surface area contributed by atoms with Crippen LogP contribution in [-0.2, 0) is 13.1 Å². The van der Waals surface area contributed by atoms with Crippen LogP contribution in [0, 0.1) is 12.7 Å². The fraction of sp³-hybridized carbons (Fsp3) is 0.429. The first-order chi connectivity index (χ1) is 13.5. The van der Waals surface area contributed by atoms with Gasteiger partial charge >= 0.3 is 0 Å². The molecule has 0 saturated carbocycles. The minimum Gasteiger partial charge on any atom is -0.354 e. The van der Waals surface area contributed by atoms with Crippen molar-refractivity contribution in [1.29, 1.82) is 0 Å². The maximum atomic E-state index is 13.7. The third kappa shape index (κ3) is 6.81. The summed E-state index contributed by atoms with van der Waals surface area (Å²) in [6, 6.07) is 9.40. The number of rotatable bonds is 5. The van der Waals surface area contributed by atoms with Crippen LogP contribution in [0.15, 0.2) is 41.5 Å². The number of hydrogen-bond donors (Lipinski definition) is 2. The number of nitrogens with one attached hydrogen (secondary N) is 2. The molecule has 1 aliphatic rings. The number of benzene rings is 1. The monoisotopic (exact) mass is 512 g/mol. The van der Waals surface area contributed by atoms with E-state index in [-0.39, 0.29) is 29.8 Å². The topological polar surface area (TPSA) is 55.8 Å². The number of anilines is 1. The van der Waals surface area contributed by atoms with Crippen molar-refractivity contribution in [2.45, 2.75) is 20.0 Å². The van der Waals surface area contributed by atoms with Gasteiger partial charge in [-0.25, -0.2) is 9.37 Å². The number of halogens is 2. The summed E-state index contributed by atoms with van der Waals surface area (Å²) in [5.41, 5.74) is 2.68. The Morgan fingerprint density at radius 2 is 1.72 bits per heavy atom. The number of pyridine rings is 1. The van der Waals surface area contributed by atoms with Crippen LogP contribution in [0.4, 0.5) is 10.2 Å². The molecule has 2 heterocycles. The van der Waals surface area contributed by atoms with Gasteiger partial charge in [0.15, 0.2) is 5.96 Å². The Morgan fingerprint density at radius 1 is 1.07 bits per heavy atom. The Hall–Kier alpha value is -1.94. The van der Waals surface area contributed by atoms with Gasteiger partial charge in [0.2, 0.25) is 0 Å². The molecule has 0 aliphatic carbocycles. The van der Waals surface area contributed by atoms with Gasteiger partial charge in [0.25, 0.3) is 0 Å². The van der Waals surface area contributed by atoms with Gasteiger partial charge in [-0.05, 0) is 48.9 Å². The third-order valence-electron chi connectivity index (χ3n) is 5.02. The van der Waals surface area contributed by atoms with Crippen LogP contribution < -0.4 is 15.5 Å². The number of guanidine groups is 1. The van der Waals surface area contributed by atoms with E-state index in [9.17, 15) is 4.39 Å². The summed E-state index contributed by atoms with van der Waals surface area (Å²) in [7, 11) is 3.88. The van der Waals surface area contributed by atoms with E-state index < -0.39 is 0 Å². The highest BCUT2D eigenvalue weighted by Crippen LogP contribution is 2.14. The molecule has 2 aromatic rings. The lowest BCUT2D eigenvalue weighted by atomic mass is 10.1. The molecule has 8 heteroatoms. The molecule has 3 rings (SSSR count). The van der Waals surface area contributed by atoms with Crippen molar-refractivity contribution in [3.63, 3.8) is 0 Å². The maximum Gasteiger partial charge on any atom is 0.191 e. The largest absolute Gasteiger partial charge is 0.354 e. The second-order valence-corrected chi connectivity index (χ2v) is 7.18. The number of hydrogen-bond acceptors (Lipinski definition) is 4. The van der Waals surface area contributed by atoms with Crippen molar-refractivity contribution in [3.05, 3.63) is 59.0 Å². The standard InChI is InChI=1S/C21H29FN6.HI/c1-16-4-5-17(12-19(16)22)14-25-21(23-2)26-15-18-6-7-24-20(13-18)28-10-8-27(3)9-11-28;/h4-7,12-13H,8-11,14-15H2,1-3H3,(H2,23,25,26);1H. The van der Waals surface area contributed by atoms with Crippen molar-refractivity contribution in [2.24, 2.45) is 4.99 Å². The molecular formula is C21H30FIN6. The molecule has 158 valence electrons. The molecule has 0 bridgehead atoms. The van der Waals surface area contributed by atoms with Crippen molar-refractivity contribution < 1.29 is 4.39 Å². The lowest BCUT2D eigenvalue weighted by molar-refractivity contribution is 0.312. The molecule has 1 aliphatic heterocycles. The Bertz CT molecular complexity index is 821. The number of likely N-dealkylation sites (N-methyl/N-ethyl adjacent to an activating group) is 1. The lowest BCUT2D eigenvalue weighted by Crippen LogP contribution is -2.44. The van der Waals surface area contributed by atoms with Gasteiger partial charge in [-0.3, -0.25) is 4.99 Å². The fourth-order valence-electron chi connectivity index (χ4n) is 3.12. The number of aryl methyl sites for hydroxylation is 1. The van der Waals surface area contributed by atoms with Crippen LogP contribution in [0.3, 0.4) is 0 Å². The van der Waals surface area contributed by atoms with E-state index in [2.05, 4.69) is 43.5 Å². The minimum atomic E-state index is -0.185. The summed E-state index contributed by atoms with van der Waals surface area (Å²) in [5, 5.41) is 6.54. The molecule has 0 spiro atoms. The first kappa shape index (κ1) is 23.3. The molecule has 1 aromatic carbocycles. The van der Waals surface area contributed by atoms with E-state index in [0.29, 0.717) is 24.6 Å². The van der Waals surface area contributed by atoms with E-state index in [1.165, 1.54) is 0 Å². The minimum absolute atomic E-state index is 0. The van der Waals surface area contributed by atoms with Gasteiger partial charge in [0.1, 0.15) is 11.6 Å². The molecule has 0 radical (unpaired) electrons. The molecule has 2 N–H and O–H groups in total. The van der Waals surface area contributed by atoms with Crippen molar-refractivity contribution in [3.8, 4) is 0 Å². The highest BCUT2D eigenvalue weighted by Gasteiger charge is 2.15. The highest BCUT2D eigenvalue weighted by atomic mass is 127. The number of aliphatic imine (C=N–C) groups is 1. The zero-order chi connectivity index (χ0) is 19.9. The van der Waals surface area contributed by atoms with E-state index in [1.54, 1.807) is 26.1 Å². The third-order valence-corrected chi connectivity index (χ3v) is 5.02. The average Bonchev–Trinajstić information content (AvgIpc) is 2.71. The zero-order valence-corrected chi connectivity index (χ0v) is 19.6. The predicted molar refractivity (Wildman–Crippen MR) is 128 cm³/mol. The molecule has 1 fully saturated rings. The molecule has 1 saturated heterocycles. The number of nitrogens with zero attached hydrogens (tertiary/aromatic N) is 4.